The standard InChI is InChI=1S/C32H41N3O7/c1-4-11-20(2)34-17-10-16-32-27(30(39)35(21(3)18-36)28(32)31(34)40)26-24(42-32)14-8-9-15-25(37)41-19-23(33-29(26)38)22-12-6-5-7-13-22/h5-8,10,12-14,16,20-21,23-24,26-28,36H,4,9,11,15,17-19H2,1-3H3,(H,33,38)/b14-8-/t20?,21-,23-,24+,26-,27-,28+,32-/m1/s1. The average molecular weight is 580 g/mol. The predicted octanol–water partition coefficient (Wildman–Crippen LogP) is 2.29. The summed E-state index contributed by atoms with van der Waals surface area (Å²) in [5.74, 6) is -3.39. The summed E-state index contributed by atoms with van der Waals surface area (Å²) < 4.78 is 12.2. The minimum absolute atomic E-state index is 0.0563. The Morgan fingerprint density at radius 3 is 2.55 bits per heavy atom. The molecule has 1 aromatic carbocycles. The van der Waals surface area contributed by atoms with Crippen LogP contribution in [0.5, 0.6) is 0 Å². The Labute approximate surface area is 246 Å². The van der Waals surface area contributed by atoms with E-state index in [1.165, 1.54) is 4.90 Å². The van der Waals surface area contributed by atoms with E-state index in [4.69, 9.17) is 9.47 Å². The highest BCUT2D eigenvalue weighted by Crippen LogP contribution is 2.53. The molecule has 0 saturated carbocycles. The summed E-state index contributed by atoms with van der Waals surface area (Å²) in [6.45, 7) is 5.72. The van der Waals surface area contributed by atoms with E-state index < -0.39 is 53.5 Å². The van der Waals surface area contributed by atoms with Crippen molar-refractivity contribution in [3.05, 3.63) is 60.2 Å². The summed E-state index contributed by atoms with van der Waals surface area (Å²) >= 11 is 0. The van der Waals surface area contributed by atoms with Gasteiger partial charge in [0.1, 0.15) is 18.2 Å². The van der Waals surface area contributed by atoms with Gasteiger partial charge in [-0.1, -0.05) is 68.0 Å². The van der Waals surface area contributed by atoms with E-state index in [1.54, 1.807) is 30.1 Å². The van der Waals surface area contributed by atoms with Crippen molar-refractivity contribution in [1.29, 1.82) is 0 Å². The third kappa shape index (κ3) is 5.26. The zero-order valence-corrected chi connectivity index (χ0v) is 24.5. The monoisotopic (exact) mass is 579 g/mol. The van der Waals surface area contributed by atoms with Crippen molar-refractivity contribution >= 4 is 23.7 Å². The fourth-order valence-corrected chi connectivity index (χ4v) is 6.93. The van der Waals surface area contributed by atoms with Gasteiger partial charge in [-0.15, -0.1) is 0 Å². The van der Waals surface area contributed by atoms with Crippen LogP contribution in [-0.2, 0) is 28.7 Å². The quantitative estimate of drug-likeness (QED) is 0.391. The van der Waals surface area contributed by atoms with Gasteiger partial charge in [0, 0.05) is 19.0 Å². The lowest BCUT2D eigenvalue weighted by molar-refractivity contribution is -0.151. The number of nitrogens with zero attached hydrogens (tertiary/aromatic N) is 2. The van der Waals surface area contributed by atoms with Crippen molar-refractivity contribution in [2.75, 3.05) is 19.8 Å². The largest absolute Gasteiger partial charge is 0.463 e. The number of nitrogens with one attached hydrogen (secondary N) is 1. The van der Waals surface area contributed by atoms with E-state index >= 15 is 0 Å². The molecule has 4 aliphatic heterocycles. The Morgan fingerprint density at radius 1 is 1.07 bits per heavy atom. The fraction of sp³-hybridized carbons (Fsp3) is 0.562. The summed E-state index contributed by atoms with van der Waals surface area (Å²) in [6, 6.07) is 6.82. The molecule has 0 aromatic heterocycles. The van der Waals surface area contributed by atoms with Crippen LogP contribution in [0.15, 0.2) is 54.6 Å². The average Bonchev–Trinajstić information content (AvgIpc) is 3.37. The van der Waals surface area contributed by atoms with Crippen molar-refractivity contribution in [3.63, 3.8) is 0 Å². The van der Waals surface area contributed by atoms with Crippen LogP contribution in [0, 0.1) is 11.8 Å². The molecule has 10 nitrogen and oxygen atoms in total. The zero-order valence-electron chi connectivity index (χ0n) is 24.5. The van der Waals surface area contributed by atoms with E-state index in [0.717, 1.165) is 18.4 Å². The first-order valence-electron chi connectivity index (χ1n) is 15.0. The van der Waals surface area contributed by atoms with Crippen LogP contribution in [0.4, 0.5) is 0 Å². The number of rotatable bonds is 6. The van der Waals surface area contributed by atoms with Gasteiger partial charge < -0.3 is 29.7 Å². The zero-order chi connectivity index (χ0) is 30.0. The van der Waals surface area contributed by atoms with E-state index in [-0.39, 0.29) is 37.6 Å². The molecule has 2 fully saturated rings. The van der Waals surface area contributed by atoms with Crippen molar-refractivity contribution < 1.29 is 33.8 Å². The number of allylic oxidation sites excluding steroid dienone is 1. The SMILES string of the molecule is CCCC(C)N1CC=C[C@@]23O[C@H]4/C=C\CCC(=O)OC[C@H](c5ccccc5)NC(=O)[C@H]4[C@@H]2C(=O)N([C@H](C)CO)[C@H]3C1=O. The molecule has 8 atom stereocenters. The van der Waals surface area contributed by atoms with E-state index in [9.17, 15) is 24.3 Å². The molecule has 1 unspecified atom stereocenters. The second-order valence-electron chi connectivity index (χ2n) is 11.8. The highest BCUT2D eigenvalue weighted by atomic mass is 16.5. The lowest BCUT2D eigenvalue weighted by Crippen LogP contribution is -2.58. The van der Waals surface area contributed by atoms with Crippen LogP contribution < -0.4 is 5.32 Å². The Bertz CT molecular complexity index is 1250. The number of carbonyl (C=O) groups excluding carboxylic acids is 4. The van der Waals surface area contributed by atoms with E-state index in [2.05, 4.69) is 12.2 Å². The number of fused-ring (bicyclic) bond motifs is 2. The van der Waals surface area contributed by atoms with Gasteiger partial charge in [-0.25, -0.2) is 0 Å². The fourth-order valence-electron chi connectivity index (χ4n) is 6.93. The molecule has 1 spiro atoms. The van der Waals surface area contributed by atoms with Crippen molar-refractivity contribution in [2.24, 2.45) is 11.8 Å². The maximum Gasteiger partial charge on any atom is 0.306 e. The van der Waals surface area contributed by atoms with E-state index in [1.807, 2.05) is 43.3 Å². The number of amides is 3. The molecule has 226 valence electrons. The number of hydrogen-bond acceptors (Lipinski definition) is 7. The second-order valence-corrected chi connectivity index (χ2v) is 11.8. The maximum absolute atomic E-state index is 14.3. The number of esters is 1. The molecule has 10 heteroatoms. The molecular weight excluding hydrogens is 538 g/mol. The van der Waals surface area contributed by atoms with Gasteiger partial charge >= 0.3 is 5.97 Å². The van der Waals surface area contributed by atoms with Crippen LogP contribution in [0.25, 0.3) is 0 Å². The summed E-state index contributed by atoms with van der Waals surface area (Å²) in [4.78, 5) is 58.4. The Hall–Kier alpha value is -3.50. The van der Waals surface area contributed by atoms with Gasteiger partial charge in [0.2, 0.25) is 17.7 Å². The minimum atomic E-state index is -1.40. The molecule has 42 heavy (non-hydrogen) atoms. The number of aliphatic hydroxyl groups excluding tert-OH is 1. The number of carbonyl (C=O) groups is 4. The van der Waals surface area contributed by atoms with Gasteiger partial charge in [-0.2, -0.15) is 0 Å². The van der Waals surface area contributed by atoms with Crippen molar-refractivity contribution in [3.8, 4) is 0 Å². The third-order valence-electron chi connectivity index (χ3n) is 9.01. The highest BCUT2D eigenvalue weighted by Gasteiger charge is 2.72. The summed E-state index contributed by atoms with van der Waals surface area (Å²) in [5.41, 5.74) is -0.642. The highest BCUT2D eigenvalue weighted by molar-refractivity contribution is 6.00. The predicted molar refractivity (Wildman–Crippen MR) is 154 cm³/mol. The lowest BCUT2D eigenvalue weighted by Gasteiger charge is -2.39. The van der Waals surface area contributed by atoms with Crippen LogP contribution >= 0.6 is 0 Å². The van der Waals surface area contributed by atoms with Gasteiger partial charge in [0.15, 0.2) is 0 Å². The van der Waals surface area contributed by atoms with Crippen molar-refractivity contribution in [1.82, 2.24) is 15.1 Å². The van der Waals surface area contributed by atoms with Crippen LogP contribution in [0.2, 0.25) is 0 Å². The smallest absolute Gasteiger partial charge is 0.306 e. The molecule has 4 aliphatic rings. The molecule has 1 aromatic rings. The lowest BCUT2D eigenvalue weighted by atomic mass is 9.77. The summed E-state index contributed by atoms with van der Waals surface area (Å²) in [7, 11) is 0. The van der Waals surface area contributed by atoms with Gasteiger partial charge in [-0.05, 0) is 32.3 Å². The Morgan fingerprint density at radius 2 is 1.83 bits per heavy atom. The second kappa shape index (κ2) is 12.4. The molecule has 2 N–H and O–H groups in total. The number of hydrogen-bond donors (Lipinski definition) is 2. The first-order valence-corrected chi connectivity index (χ1v) is 15.0. The van der Waals surface area contributed by atoms with Gasteiger partial charge in [0.25, 0.3) is 0 Å². The summed E-state index contributed by atoms with van der Waals surface area (Å²) in [5, 5.41) is 13.2. The van der Waals surface area contributed by atoms with Gasteiger partial charge in [0.05, 0.1) is 36.6 Å². The minimum Gasteiger partial charge on any atom is -0.463 e. The number of aliphatic hydroxyl groups is 1. The van der Waals surface area contributed by atoms with E-state index in [0.29, 0.717) is 13.0 Å². The van der Waals surface area contributed by atoms with Crippen LogP contribution in [0.1, 0.15) is 58.1 Å². The topological polar surface area (TPSA) is 125 Å². The van der Waals surface area contributed by atoms with Crippen LogP contribution in [0.3, 0.4) is 0 Å². The molecule has 0 radical (unpaired) electrons. The molecular formula is C32H41N3O7. The maximum atomic E-state index is 14.3. The summed E-state index contributed by atoms with van der Waals surface area (Å²) in [6.07, 6.45) is 8.58. The number of ether oxygens (including phenoxy) is 2. The first-order chi connectivity index (χ1) is 20.2. The number of cyclic esters (lactones) is 1. The molecule has 2 saturated heterocycles. The molecule has 4 heterocycles. The molecule has 0 bridgehead atoms. The van der Waals surface area contributed by atoms with Crippen molar-refractivity contribution in [2.45, 2.75) is 82.3 Å². The first kappa shape index (κ1) is 30.0. The Kier molecular flexibility index (Phi) is 8.84. The van der Waals surface area contributed by atoms with Crippen LogP contribution in [-0.4, -0.2) is 88.2 Å². The van der Waals surface area contributed by atoms with Gasteiger partial charge in [-0.3, -0.25) is 19.2 Å². The normalized spacial score (nSPS) is 33.8. The third-order valence-corrected chi connectivity index (χ3v) is 9.01. The Balaban J connectivity index is 1.59. The molecule has 5 rings (SSSR count). The molecule has 0 aliphatic carbocycles. The number of likely N-dealkylation sites (tertiary alicyclic amines) is 1. The molecule has 3 amide bonds. The number of benzene rings is 1.